The molecule has 2 heterocycles. The molecule has 0 fully saturated rings. The summed E-state index contributed by atoms with van der Waals surface area (Å²) in [4.78, 5) is 16.6. The van der Waals surface area contributed by atoms with Gasteiger partial charge in [-0.1, -0.05) is 25.1 Å². The van der Waals surface area contributed by atoms with E-state index in [0.29, 0.717) is 12.1 Å². The van der Waals surface area contributed by atoms with Crippen molar-refractivity contribution < 1.29 is 4.79 Å². The smallest absolute Gasteiger partial charge is 0.251 e. The summed E-state index contributed by atoms with van der Waals surface area (Å²) in [6, 6.07) is 11.6. The van der Waals surface area contributed by atoms with E-state index in [9.17, 15) is 4.79 Å². The summed E-state index contributed by atoms with van der Waals surface area (Å²) >= 11 is 0. The SMILES string of the molecule is CCCn1cc(CNC(=O)c2ccc(-c3ccc(C)nc3)cc2)cn1. The van der Waals surface area contributed by atoms with Crippen molar-refractivity contribution in [1.82, 2.24) is 20.1 Å². The topological polar surface area (TPSA) is 59.8 Å². The normalized spacial score (nSPS) is 10.6. The van der Waals surface area contributed by atoms with Crippen LogP contribution >= 0.6 is 0 Å². The van der Waals surface area contributed by atoms with Gasteiger partial charge in [0.2, 0.25) is 0 Å². The zero-order chi connectivity index (χ0) is 17.6. The number of hydrogen-bond donors (Lipinski definition) is 1. The fraction of sp³-hybridized carbons (Fsp3) is 0.250. The van der Waals surface area contributed by atoms with Gasteiger partial charge < -0.3 is 5.32 Å². The Hall–Kier alpha value is -2.95. The Balaban J connectivity index is 1.61. The van der Waals surface area contributed by atoms with Crippen LogP contribution in [0.15, 0.2) is 55.0 Å². The van der Waals surface area contributed by atoms with Crippen molar-refractivity contribution in [3.8, 4) is 11.1 Å². The number of carbonyl (C=O) groups excluding carboxylic acids is 1. The van der Waals surface area contributed by atoms with Crippen LogP contribution in [0, 0.1) is 6.92 Å². The Morgan fingerprint density at radius 3 is 2.52 bits per heavy atom. The first-order chi connectivity index (χ1) is 12.2. The predicted molar refractivity (Wildman–Crippen MR) is 98.1 cm³/mol. The lowest BCUT2D eigenvalue weighted by Gasteiger charge is -2.06. The summed E-state index contributed by atoms with van der Waals surface area (Å²) in [7, 11) is 0. The van der Waals surface area contributed by atoms with E-state index >= 15 is 0 Å². The molecular weight excluding hydrogens is 312 g/mol. The van der Waals surface area contributed by atoms with Gasteiger partial charge in [-0.2, -0.15) is 5.10 Å². The van der Waals surface area contributed by atoms with Gasteiger partial charge in [0.05, 0.1) is 6.20 Å². The zero-order valence-electron chi connectivity index (χ0n) is 14.6. The second-order valence-corrected chi connectivity index (χ2v) is 6.06. The van der Waals surface area contributed by atoms with E-state index in [2.05, 4.69) is 22.3 Å². The molecule has 0 aliphatic heterocycles. The van der Waals surface area contributed by atoms with Crippen LogP contribution in [0.4, 0.5) is 0 Å². The van der Waals surface area contributed by atoms with Crippen LogP contribution in [-0.2, 0) is 13.1 Å². The molecule has 0 saturated carbocycles. The van der Waals surface area contributed by atoms with Crippen molar-refractivity contribution in [3.05, 3.63) is 71.8 Å². The third kappa shape index (κ3) is 4.32. The van der Waals surface area contributed by atoms with Gasteiger partial charge in [0.25, 0.3) is 5.91 Å². The maximum absolute atomic E-state index is 12.3. The molecule has 0 spiro atoms. The number of carbonyl (C=O) groups is 1. The number of aromatic nitrogens is 3. The van der Waals surface area contributed by atoms with Gasteiger partial charge >= 0.3 is 0 Å². The third-order valence-corrected chi connectivity index (χ3v) is 3.98. The summed E-state index contributed by atoms with van der Waals surface area (Å²) in [5.74, 6) is -0.0863. The minimum atomic E-state index is -0.0863. The lowest BCUT2D eigenvalue weighted by atomic mass is 10.1. The Morgan fingerprint density at radius 1 is 1.08 bits per heavy atom. The summed E-state index contributed by atoms with van der Waals surface area (Å²) in [6.45, 7) is 5.44. The maximum Gasteiger partial charge on any atom is 0.251 e. The van der Waals surface area contributed by atoms with Gasteiger partial charge in [-0.25, -0.2) is 0 Å². The number of amides is 1. The average Bonchev–Trinajstić information content (AvgIpc) is 3.08. The second kappa shape index (κ2) is 7.75. The van der Waals surface area contributed by atoms with Crippen molar-refractivity contribution in [1.29, 1.82) is 0 Å². The van der Waals surface area contributed by atoms with Crippen molar-refractivity contribution >= 4 is 5.91 Å². The van der Waals surface area contributed by atoms with Crippen molar-refractivity contribution in [2.75, 3.05) is 0 Å². The molecule has 0 atom stereocenters. The van der Waals surface area contributed by atoms with Crippen molar-refractivity contribution in [2.45, 2.75) is 33.4 Å². The van der Waals surface area contributed by atoms with Crippen LogP contribution in [0.25, 0.3) is 11.1 Å². The molecule has 5 heteroatoms. The third-order valence-electron chi connectivity index (χ3n) is 3.98. The maximum atomic E-state index is 12.3. The number of pyridine rings is 1. The molecule has 3 rings (SSSR count). The van der Waals surface area contributed by atoms with Crippen LogP contribution in [-0.4, -0.2) is 20.7 Å². The highest BCUT2D eigenvalue weighted by atomic mass is 16.1. The van der Waals surface area contributed by atoms with E-state index in [-0.39, 0.29) is 5.91 Å². The molecule has 3 aromatic rings. The van der Waals surface area contributed by atoms with Gasteiger partial charge in [0.1, 0.15) is 0 Å². The zero-order valence-corrected chi connectivity index (χ0v) is 14.6. The quantitative estimate of drug-likeness (QED) is 0.749. The summed E-state index contributed by atoms with van der Waals surface area (Å²) in [6.07, 6.45) is 6.65. The van der Waals surface area contributed by atoms with E-state index < -0.39 is 0 Å². The van der Waals surface area contributed by atoms with E-state index in [1.54, 1.807) is 6.20 Å². The van der Waals surface area contributed by atoms with Crippen LogP contribution in [0.1, 0.15) is 35.0 Å². The van der Waals surface area contributed by atoms with Gasteiger partial charge in [-0.3, -0.25) is 14.5 Å². The highest BCUT2D eigenvalue weighted by Gasteiger charge is 2.07. The molecule has 1 N–H and O–H groups in total. The Labute approximate surface area is 147 Å². The highest BCUT2D eigenvalue weighted by Crippen LogP contribution is 2.19. The molecule has 0 bridgehead atoms. The van der Waals surface area contributed by atoms with Gasteiger partial charge in [0, 0.05) is 47.9 Å². The lowest BCUT2D eigenvalue weighted by Crippen LogP contribution is -2.22. The van der Waals surface area contributed by atoms with Crippen LogP contribution in [0.3, 0.4) is 0 Å². The van der Waals surface area contributed by atoms with E-state index in [1.165, 1.54) is 0 Å². The molecule has 0 aliphatic carbocycles. The summed E-state index contributed by atoms with van der Waals surface area (Å²) < 4.78 is 1.89. The van der Waals surface area contributed by atoms with Gasteiger partial charge in [-0.05, 0) is 37.1 Å². The Kier molecular flexibility index (Phi) is 5.23. The Morgan fingerprint density at radius 2 is 1.84 bits per heavy atom. The second-order valence-electron chi connectivity index (χ2n) is 6.06. The first kappa shape index (κ1) is 16.9. The number of hydrogen-bond acceptors (Lipinski definition) is 3. The predicted octanol–water partition coefficient (Wildman–Crippen LogP) is 3.59. The summed E-state index contributed by atoms with van der Waals surface area (Å²) in [5.41, 5.74) is 4.72. The molecule has 1 aromatic carbocycles. The van der Waals surface area contributed by atoms with E-state index in [1.807, 2.05) is 60.4 Å². The monoisotopic (exact) mass is 334 g/mol. The highest BCUT2D eigenvalue weighted by molar-refractivity contribution is 5.94. The minimum Gasteiger partial charge on any atom is -0.348 e. The number of nitrogens with zero attached hydrogens (tertiary/aromatic N) is 3. The average molecular weight is 334 g/mol. The molecule has 0 aliphatic rings. The first-order valence-corrected chi connectivity index (χ1v) is 8.48. The molecule has 25 heavy (non-hydrogen) atoms. The van der Waals surface area contributed by atoms with E-state index in [4.69, 9.17) is 0 Å². The fourth-order valence-electron chi connectivity index (χ4n) is 2.59. The fourth-order valence-corrected chi connectivity index (χ4v) is 2.59. The largest absolute Gasteiger partial charge is 0.348 e. The molecule has 5 nitrogen and oxygen atoms in total. The molecule has 1 amide bonds. The number of benzene rings is 1. The molecule has 128 valence electrons. The summed E-state index contributed by atoms with van der Waals surface area (Å²) in [5, 5.41) is 7.20. The van der Waals surface area contributed by atoms with Crippen LogP contribution in [0.5, 0.6) is 0 Å². The molecular formula is C20H22N4O. The lowest BCUT2D eigenvalue weighted by molar-refractivity contribution is 0.0951. The van der Waals surface area contributed by atoms with Crippen molar-refractivity contribution in [2.24, 2.45) is 0 Å². The molecule has 0 unspecified atom stereocenters. The Bertz CT molecular complexity index is 835. The van der Waals surface area contributed by atoms with E-state index in [0.717, 1.165) is 35.3 Å². The first-order valence-electron chi connectivity index (χ1n) is 8.48. The minimum absolute atomic E-state index is 0.0863. The molecule has 2 aromatic heterocycles. The standard InChI is InChI=1S/C20H22N4O/c1-3-10-24-14-16(12-23-24)11-22-20(25)18-8-6-17(7-9-18)19-5-4-15(2)21-13-19/h4-9,12-14H,3,10-11H2,1-2H3,(H,22,25). The van der Waals surface area contributed by atoms with Crippen LogP contribution in [0.2, 0.25) is 0 Å². The number of nitrogens with one attached hydrogen (secondary N) is 1. The molecule has 0 radical (unpaired) electrons. The number of rotatable bonds is 6. The number of aryl methyl sites for hydroxylation is 2. The van der Waals surface area contributed by atoms with Gasteiger partial charge in [-0.15, -0.1) is 0 Å². The molecule has 0 saturated heterocycles. The van der Waals surface area contributed by atoms with Crippen molar-refractivity contribution in [3.63, 3.8) is 0 Å². The van der Waals surface area contributed by atoms with Gasteiger partial charge in [0.15, 0.2) is 0 Å². The van der Waals surface area contributed by atoms with Crippen LogP contribution < -0.4 is 5.32 Å².